The van der Waals surface area contributed by atoms with Gasteiger partial charge in [-0.25, -0.2) is 4.98 Å². The van der Waals surface area contributed by atoms with E-state index in [-0.39, 0.29) is 35.5 Å². The molecule has 68 valence electrons. The van der Waals surface area contributed by atoms with Crippen LogP contribution in [-0.4, -0.2) is 22.0 Å². The van der Waals surface area contributed by atoms with Gasteiger partial charge in [-0.1, -0.05) is 6.08 Å². The normalized spacial score (nSPS) is 12.6. The maximum absolute atomic E-state index is 11.2. The van der Waals surface area contributed by atoms with Crippen LogP contribution in [0.25, 0.3) is 6.08 Å². The Balaban J connectivity index is 0.000000980. The Morgan fingerprint density at radius 2 is 2.43 bits per heavy atom. The fourth-order valence-corrected chi connectivity index (χ4v) is 1.32. The molecule has 0 spiro atoms. The van der Waals surface area contributed by atoms with Crippen molar-refractivity contribution in [1.82, 2.24) is 9.55 Å². The molecule has 0 saturated heterocycles. The molecule has 0 atom stereocenters. The van der Waals surface area contributed by atoms with Crippen molar-refractivity contribution in [2.24, 2.45) is 0 Å². The smallest absolute Gasteiger partial charge is 0.845 e. The first kappa shape index (κ1) is 11.3. The van der Waals surface area contributed by atoms with Gasteiger partial charge >= 0.3 is 29.6 Å². The molecule has 0 aromatic carbocycles. The third-order valence-corrected chi connectivity index (χ3v) is 1.85. The van der Waals surface area contributed by atoms with E-state index >= 15 is 0 Å². The van der Waals surface area contributed by atoms with Crippen LogP contribution in [0.5, 0.6) is 6.01 Å². The van der Waals surface area contributed by atoms with Gasteiger partial charge in [0.15, 0.2) is 0 Å². The van der Waals surface area contributed by atoms with Crippen LogP contribution in [0.3, 0.4) is 0 Å². The SMILES string of the molecule is CC(=O)n1c([O-])nc2c1NCC=C2.[Na+]. The number of carbonyl (C=O) groups excluding carboxylic acids is 1. The average molecular weight is 201 g/mol. The minimum atomic E-state index is -0.517. The Labute approximate surface area is 103 Å². The van der Waals surface area contributed by atoms with E-state index in [0.29, 0.717) is 18.1 Å². The summed E-state index contributed by atoms with van der Waals surface area (Å²) in [5, 5.41) is 14.1. The fraction of sp³-hybridized carbons (Fsp3) is 0.250. The number of hydrogen-bond acceptors (Lipinski definition) is 4. The van der Waals surface area contributed by atoms with Gasteiger partial charge in [0.25, 0.3) is 0 Å². The summed E-state index contributed by atoms with van der Waals surface area (Å²) in [7, 11) is 0. The number of hydrogen-bond donors (Lipinski definition) is 1. The summed E-state index contributed by atoms with van der Waals surface area (Å²) >= 11 is 0. The van der Waals surface area contributed by atoms with Gasteiger partial charge in [-0.15, -0.1) is 0 Å². The van der Waals surface area contributed by atoms with Gasteiger partial charge in [0.1, 0.15) is 11.5 Å². The summed E-state index contributed by atoms with van der Waals surface area (Å²) in [6, 6.07) is -0.517. The summed E-state index contributed by atoms with van der Waals surface area (Å²) in [5.41, 5.74) is 0.534. The van der Waals surface area contributed by atoms with Crippen LogP contribution in [0.4, 0.5) is 5.82 Å². The zero-order valence-corrected chi connectivity index (χ0v) is 10.1. The molecule has 6 heteroatoms. The van der Waals surface area contributed by atoms with Crippen LogP contribution >= 0.6 is 0 Å². The van der Waals surface area contributed by atoms with Gasteiger partial charge in [0, 0.05) is 13.5 Å². The van der Waals surface area contributed by atoms with Crippen molar-refractivity contribution in [3.63, 3.8) is 0 Å². The Bertz CT molecular complexity index is 398. The maximum Gasteiger partial charge on any atom is 1.00 e. The molecule has 1 aliphatic rings. The Kier molecular flexibility index (Phi) is 3.36. The Hall–Kier alpha value is -0.780. The molecular formula is C8H8N3NaO2. The summed E-state index contributed by atoms with van der Waals surface area (Å²) in [5.74, 6) is 0.182. The number of imidazole rings is 1. The van der Waals surface area contributed by atoms with Crippen molar-refractivity contribution in [2.75, 3.05) is 11.9 Å². The van der Waals surface area contributed by atoms with E-state index in [4.69, 9.17) is 0 Å². The number of nitrogens with zero attached hydrogens (tertiary/aromatic N) is 2. The fourth-order valence-electron chi connectivity index (χ4n) is 1.32. The molecule has 1 aromatic rings. The van der Waals surface area contributed by atoms with Crippen molar-refractivity contribution in [1.29, 1.82) is 0 Å². The van der Waals surface area contributed by atoms with Gasteiger partial charge in [-0.3, -0.25) is 9.36 Å². The summed E-state index contributed by atoms with van der Waals surface area (Å²) in [6.07, 6.45) is 3.58. The van der Waals surface area contributed by atoms with E-state index in [0.717, 1.165) is 4.57 Å². The Morgan fingerprint density at radius 3 is 3.07 bits per heavy atom. The number of rotatable bonds is 0. The van der Waals surface area contributed by atoms with Crippen LogP contribution in [-0.2, 0) is 0 Å². The first-order valence-corrected chi connectivity index (χ1v) is 3.91. The first-order chi connectivity index (χ1) is 6.20. The van der Waals surface area contributed by atoms with Gasteiger partial charge < -0.3 is 10.4 Å². The number of aromatic nitrogens is 2. The summed E-state index contributed by atoms with van der Waals surface area (Å²) in [6.45, 7) is 1.95. The van der Waals surface area contributed by atoms with Gasteiger partial charge in [-0.2, -0.15) is 0 Å². The van der Waals surface area contributed by atoms with E-state index in [1.165, 1.54) is 6.92 Å². The van der Waals surface area contributed by atoms with Crippen LogP contribution in [0, 0.1) is 0 Å². The second-order valence-corrected chi connectivity index (χ2v) is 2.77. The van der Waals surface area contributed by atoms with Crippen LogP contribution in [0.15, 0.2) is 6.08 Å². The predicted molar refractivity (Wildman–Crippen MR) is 45.5 cm³/mol. The number of nitrogens with one attached hydrogen (secondary N) is 1. The average Bonchev–Trinajstić information content (AvgIpc) is 2.39. The van der Waals surface area contributed by atoms with Gasteiger partial charge in [-0.05, 0) is 6.08 Å². The van der Waals surface area contributed by atoms with Gasteiger partial charge in [0.05, 0.1) is 6.01 Å². The van der Waals surface area contributed by atoms with E-state index < -0.39 is 6.01 Å². The molecule has 1 aliphatic heterocycles. The monoisotopic (exact) mass is 201 g/mol. The quantitative estimate of drug-likeness (QED) is 0.456. The van der Waals surface area contributed by atoms with Crippen LogP contribution in [0.1, 0.15) is 17.4 Å². The molecule has 1 N–H and O–H groups in total. The number of fused-ring (bicyclic) bond motifs is 1. The molecule has 2 heterocycles. The predicted octanol–water partition coefficient (Wildman–Crippen LogP) is -2.94. The topological polar surface area (TPSA) is 70.0 Å². The maximum atomic E-state index is 11.2. The second kappa shape index (κ2) is 4.16. The molecule has 0 aliphatic carbocycles. The van der Waals surface area contributed by atoms with Crippen molar-refractivity contribution < 1.29 is 39.5 Å². The Morgan fingerprint density at radius 1 is 1.71 bits per heavy atom. The number of carbonyl (C=O) groups is 1. The molecule has 0 amide bonds. The molecule has 1 aromatic heterocycles. The number of anilines is 1. The third kappa shape index (κ3) is 1.70. The largest absolute Gasteiger partial charge is 1.00 e. The standard InChI is InChI=1S/C8H9N3O2.Na/c1-5(12)11-7-6(10-8(11)13)3-2-4-9-7;/h2-3,9H,4H2,1H3,(H,10,13);/q;+1/p-1. The second-order valence-electron chi connectivity index (χ2n) is 2.77. The molecule has 2 rings (SSSR count). The minimum Gasteiger partial charge on any atom is -0.845 e. The zero-order valence-electron chi connectivity index (χ0n) is 8.07. The zero-order chi connectivity index (χ0) is 9.42. The third-order valence-electron chi connectivity index (χ3n) is 1.85. The van der Waals surface area contributed by atoms with E-state index in [2.05, 4.69) is 10.3 Å². The van der Waals surface area contributed by atoms with E-state index in [9.17, 15) is 9.90 Å². The molecule has 0 fully saturated rings. The molecule has 0 radical (unpaired) electrons. The van der Waals surface area contributed by atoms with Crippen molar-refractivity contribution in [3.8, 4) is 6.01 Å². The summed E-state index contributed by atoms with van der Waals surface area (Å²) < 4.78 is 1.04. The van der Waals surface area contributed by atoms with E-state index in [1.54, 1.807) is 6.08 Å². The molecule has 0 unspecified atom stereocenters. The van der Waals surface area contributed by atoms with E-state index in [1.807, 2.05) is 6.08 Å². The molecule has 14 heavy (non-hydrogen) atoms. The van der Waals surface area contributed by atoms with Crippen molar-refractivity contribution in [3.05, 3.63) is 11.8 Å². The van der Waals surface area contributed by atoms with Crippen LogP contribution < -0.4 is 40.0 Å². The van der Waals surface area contributed by atoms with Crippen molar-refractivity contribution in [2.45, 2.75) is 6.92 Å². The first-order valence-electron chi connectivity index (χ1n) is 3.91. The minimum absolute atomic E-state index is 0. The van der Waals surface area contributed by atoms with Gasteiger partial charge in [0.2, 0.25) is 5.91 Å². The molecule has 5 nitrogen and oxygen atoms in total. The van der Waals surface area contributed by atoms with Crippen LogP contribution in [0.2, 0.25) is 0 Å². The molecule has 0 bridgehead atoms. The molecule has 0 saturated carbocycles. The summed E-state index contributed by atoms with van der Waals surface area (Å²) in [4.78, 5) is 14.8. The van der Waals surface area contributed by atoms with Crippen molar-refractivity contribution >= 4 is 17.8 Å². The molecular weight excluding hydrogens is 193 g/mol.